The second kappa shape index (κ2) is 4.59. The summed E-state index contributed by atoms with van der Waals surface area (Å²) in [6, 6.07) is 3.51. The molecule has 0 atom stereocenters. The van der Waals surface area contributed by atoms with Crippen molar-refractivity contribution in [3.8, 4) is 0 Å². The van der Waals surface area contributed by atoms with Gasteiger partial charge in [-0.05, 0) is 32.9 Å². The van der Waals surface area contributed by atoms with E-state index in [4.69, 9.17) is 4.42 Å². The zero-order chi connectivity index (χ0) is 12.4. The summed E-state index contributed by atoms with van der Waals surface area (Å²) < 4.78 is 27.5. The molecular weight excluding hydrogens is 226 g/mol. The maximum Gasteiger partial charge on any atom is 0.154 e. The van der Waals surface area contributed by atoms with E-state index in [9.17, 15) is 8.42 Å². The third-order valence-electron chi connectivity index (χ3n) is 1.91. The van der Waals surface area contributed by atoms with Crippen LogP contribution in [0.25, 0.3) is 0 Å². The normalized spacial score (nSPS) is 13.0. The molecule has 0 fully saturated rings. The molecule has 0 aliphatic carbocycles. The predicted molar refractivity (Wildman–Crippen MR) is 63.8 cm³/mol. The Morgan fingerprint density at radius 1 is 1.25 bits per heavy atom. The molecule has 1 aromatic rings. The molecule has 5 heteroatoms. The van der Waals surface area contributed by atoms with Crippen molar-refractivity contribution in [1.29, 1.82) is 0 Å². The zero-order valence-electron chi connectivity index (χ0n) is 10.2. The van der Waals surface area contributed by atoms with Gasteiger partial charge in [0, 0.05) is 11.8 Å². The van der Waals surface area contributed by atoms with Crippen LogP contribution in [-0.4, -0.2) is 20.2 Å². The fraction of sp³-hybridized carbons (Fsp3) is 0.636. The summed E-state index contributed by atoms with van der Waals surface area (Å²) in [4.78, 5) is 0. The lowest BCUT2D eigenvalue weighted by atomic mass is 10.1. The van der Waals surface area contributed by atoms with Crippen LogP contribution in [0.15, 0.2) is 16.5 Å². The summed E-state index contributed by atoms with van der Waals surface area (Å²) in [5.41, 5.74) is 0.0176. The van der Waals surface area contributed by atoms with E-state index in [-0.39, 0.29) is 11.3 Å². The first-order chi connectivity index (χ1) is 7.16. The molecule has 1 rings (SSSR count). The predicted octanol–water partition coefficient (Wildman–Crippen LogP) is 1.71. The molecule has 0 aromatic carbocycles. The Morgan fingerprint density at radius 3 is 2.31 bits per heavy atom. The average Bonchev–Trinajstić information content (AvgIpc) is 2.44. The van der Waals surface area contributed by atoms with Crippen LogP contribution in [0.5, 0.6) is 0 Å². The van der Waals surface area contributed by atoms with Gasteiger partial charge >= 0.3 is 0 Å². The molecule has 4 nitrogen and oxygen atoms in total. The van der Waals surface area contributed by atoms with Gasteiger partial charge in [-0.1, -0.05) is 0 Å². The van der Waals surface area contributed by atoms with Crippen molar-refractivity contribution in [3.05, 3.63) is 23.7 Å². The number of furan rings is 1. The number of hydrogen-bond donors (Lipinski definition) is 1. The van der Waals surface area contributed by atoms with Crippen LogP contribution >= 0.6 is 0 Å². The van der Waals surface area contributed by atoms with E-state index >= 15 is 0 Å². The molecule has 0 amide bonds. The summed E-state index contributed by atoms with van der Waals surface area (Å²) in [5, 5.41) is 3.27. The minimum absolute atomic E-state index is 0.0176. The highest BCUT2D eigenvalue weighted by molar-refractivity contribution is 7.89. The van der Waals surface area contributed by atoms with Crippen molar-refractivity contribution < 1.29 is 12.8 Å². The largest absolute Gasteiger partial charge is 0.464 e. The fourth-order valence-electron chi connectivity index (χ4n) is 1.21. The summed E-state index contributed by atoms with van der Waals surface area (Å²) in [6.45, 7) is 6.79. The number of nitrogens with one attached hydrogen (secondary N) is 1. The maximum absolute atomic E-state index is 11.1. The molecule has 1 aromatic heterocycles. The van der Waals surface area contributed by atoms with Gasteiger partial charge in [0.2, 0.25) is 0 Å². The van der Waals surface area contributed by atoms with Crippen LogP contribution in [-0.2, 0) is 22.1 Å². The van der Waals surface area contributed by atoms with E-state index in [2.05, 4.69) is 26.1 Å². The second-order valence-corrected chi connectivity index (χ2v) is 7.18. The molecule has 1 heterocycles. The lowest BCUT2D eigenvalue weighted by Gasteiger charge is -2.19. The molecular formula is C11H19NO3S. The van der Waals surface area contributed by atoms with Crippen molar-refractivity contribution in [2.24, 2.45) is 0 Å². The monoisotopic (exact) mass is 245 g/mol. The lowest BCUT2D eigenvalue weighted by Crippen LogP contribution is -2.34. The highest BCUT2D eigenvalue weighted by Crippen LogP contribution is 2.12. The van der Waals surface area contributed by atoms with E-state index in [1.807, 2.05) is 0 Å². The van der Waals surface area contributed by atoms with Gasteiger partial charge in [-0.2, -0.15) is 0 Å². The molecule has 0 spiro atoms. The minimum Gasteiger partial charge on any atom is -0.464 e. The van der Waals surface area contributed by atoms with Crippen LogP contribution in [0, 0.1) is 0 Å². The molecule has 0 saturated carbocycles. The molecule has 0 aliphatic heterocycles. The summed E-state index contributed by atoms with van der Waals surface area (Å²) >= 11 is 0. The van der Waals surface area contributed by atoms with Crippen LogP contribution in [0.4, 0.5) is 0 Å². The quantitative estimate of drug-likeness (QED) is 0.877. The van der Waals surface area contributed by atoms with E-state index in [1.165, 1.54) is 6.26 Å². The van der Waals surface area contributed by atoms with Crippen LogP contribution < -0.4 is 5.32 Å². The summed E-state index contributed by atoms with van der Waals surface area (Å²) in [5.74, 6) is 1.21. The standard InChI is InChI=1S/C11H19NO3S/c1-11(2,3)12-7-9-5-6-10(15-9)8-16(4,13)14/h5-6,12H,7-8H2,1-4H3. The first kappa shape index (κ1) is 13.3. The van der Waals surface area contributed by atoms with E-state index in [1.54, 1.807) is 12.1 Å². The Hall–Kier alpha value is -0.810. The van der Waals surface area contributed by atoms with Gasteiger partial charge in [-0.3, -0.25) is 0 Å². The van der Waals surface area contributed by atoms with Crippen LogP contribution in [0.3, 0.4) is 0 Å². The van der Waals surface area contributed by atoms with Gasteiger partial charge in [0.15, 0.2) is 9.84 Å². The number of sulfone groups is 1. The average molecular weight is 245 g/mol. The Bertz CT molecular complexity index is 440. The van der Waals surface area contributed by atoms with Crippen LogP contribution in [0.1, 0.15) is 32.3 Å². The van der Waals surface area contributed by atoms with Crippen molar-refractivity contribution >= 4 is 9.84 Å². The van der Waals surface area contributed by atoms with Crippen LogP contribution in [0.2, 0.25) is 0 Å². The SMILES string of the molecule is CC(C)(C)NCc1ccc(CS(C)(=O)=O)o1. The van der Waals surface area contributed by atoms with E-state index in [0.29, 0.717) is 12.3 Å². The number of rotatable bonds is 4. The molecule has 0 radical (unpaired) electrons. The Labute approximate surface area is 97.0 Å². The molecule has 0 saturated heterocycles. The van der Waals surface area contributed by atoms with Crippen molar-refractivity contribution in [2.45, 2.75) is 38.6 Å². The molecule has 1 N–H and O–H groups in total. The van der Waals surface area contributed by atoms with E-state index in [0.717, 1.165) is 5.76 Å². The van der Waals surface area contributed by atoms with Gasteiger partial charge < -0.3 is 9.73 Å². The third kappa shape index (κ3) is 5.32. The van der Waals surface area contributed by atoms with Crippen molar-refractivity contribution in [2.75, 3.05) is 6.26 Å². The van der Waals surface area contributed by atoms with Gasteiger partial charge in [-0.25, -0.2) is 8.42 Å². The Balaban J connectivity index is 2.59. The van der Waals surface area contributed by atoms with Gasteiger partial charge in [0.25, 0.3) is 0 Å². The minimum atomic E-state index is -3.02. The first-order valence-corrected chi connectivity index (χ1v) is 7.22. The molecule has 0 bridgehead atoms. The van der Waals surface area contributed by atoms with Gasteiger partial charge in [-0.15, -0.1) is 0 Å². The third-order valence-corrected chi connectivity index (χ3v) is 2.72. The number of hydrogen-bond acceptors (Lipinski definition) is 4. The molecule has 0 unspecified atom stereocenters. The second-order valence-electron chi connectivity index (χ2n) is 5.04. The highest BCUT2D eigenvalue weighted by atomic mass is 32.2. The molecule has 0 aliphatic rings. The Kier molecular flexibility index (Phi) is 3.80. The fourth-order valence-corrected chi connectivity index (χ4v) is 1.88. The van der Waals surface area contributed by atoms with Gasteiger partial charge in [0.05, 0.1) is 6.54 Å². The zero-order valence-corrected chi connectivity index (χ0v) is 11.0. The van der Waals surface area contributed by atoms with Gasteiger partial charge in [0.1, 0.15) is 17.3 Å². The molecule has 92 valence electrons. The lowest BCUT2D eigenvalue weighted by molar-refractivity contribution is 0.381. The first-order valence-electron chi connectivity index (χ1n) is 5.16. The Morgan fingerprint density at radius 2 is 1.81 bits per heavy atom. The van der Waals surface area contributed by atoms with Crippen molar-refractivity contribution in [3.63, 3.8) is 0 Å². The maximum atomic E-state index is 11.1. The smallest absolute Gasteiger partial charge is 0.154 e. The molecule has 16 heavy (non-hydrogen) atoms. The van der Waals surface area contributed by atoms with Crippen molar-refractivity contribution in [1.82, 2.24) is 5.32 Å². The highest BCUT2D eigenvalue weighted by Gasteiger charge is 2.12. The summed E-state index contributed by atoms with van der Waals surface area (Å²) in [6.07, 6.45) is 1.20. The van der Waals surface area contributed by atoms with E-state index < -0.39 is 9.84 Å². The topological polar surface area (TPSA) is 59.3 Å². The summed E-state index contributed by atoms with van der Waals surface area (Å²) in [7, 11) is -3.02.